The molecule has 0 unspecified atom stereocenters. The van der Waals surface area contributed by atoms with Crippen LogP contribution < -0.4 is 4.90 Å². The van der Waals surface area contributed by atoms with Crippen LogP contribution in [-0.2, 0) is 4.79 Å². The summed E-state index contributed by atoms with van der Waals surface area (Å²) >= 11 is 0. The van der Waals surface area contributed by atoms with Crippen molar-refractivity contribution in [2.45, 2.75) is 33.6 Å². The molecule has 2 saturated heterocycles. The van der Waals surface area contributed by atoms with Gasteiger partial charge in [-0.05, 0) is 68.5 Å². The number of carbonyl (C=O) groups is 2. The van der Waals surface area contributed by atoms with Gasteiger partial charge in [-0.15, -0.1) is 0 Å². The number of hydrogen-bond donors (Lipinski definition) is 0. The third kappa shape index (κ3) is 5.24. The summed E-state index contributed by atoms with van der Waals surface area (Å²) in [5, 5.41) is 0. The lowest BCUT2D eigenvalue weighted by atomic mass is 9.93. The molecule has 37 heavy (non-hydrogen) atoms. The zero-order valence-electron chi connectivity index (χ0n) is 22.1. The highest BCUT2D eigenvalue weighted by Gasteiger charge is 2.33. The van der Waals surface area contributed by atoms with Crippen LogP contribution in [0.5, 0.6) is 0 Å². The van der Waals surface area contributed by atoms with E-state index in [1.807, 2.05) is 53.1 Å². The average molecular weight is 497 g/mol. The van der Waals surface area contributed by atoms with Gasteiger partial charge in [-0.2, -0.15) is 0 Å². The van der Waals surface area contributed by atoms with Gasteiger partial charge >= 0.3 is 0 Å². The summed E-state index contributed by atoms with van der Waals surface area (Å²) in [6, 6.07) is 18.3. The van der Waals surface area contributed by atoms with Crippen molar-refractivity contribution in [2.75, 3.05) is 44.2 Å². The molecule has 0 radical (unpaired) electrons. The number of aryl methyl sites for hydroxylation is 3. The molecule has 2 aliphatic rings. The van der Waals surface area contributed by atoms with Gasteiger partial charge < -0.3 is 14.7 Å². The van der Waals surface area contributed by atoms with Gasteiger partial charge in [-0.3, -0.25) is 14.6 Å². The number of benzene rings is 2. The van der Waals surface area contributed by atoms with Crippen molar-refractivity contribution >= 4 is 17.5 Å². The van der Waals surface area contributed by atoms with Gasteiger partial charge in [0.2, 0.25) is 5.91 Å². The Morgan fingerprint density at radius 2 is 1.51 bits per heavy atom. The van der Waals surface area contributed by atoms with Crippen LogP contribution in [-0.4, -0.2) is 65.9 Å². The lowest BCUT2D eigenvalue weighted by Crippen LogP contribution is -2.52. The number of amides is 2. The highest BCUT2D eigenvalue weighted by atomic mass is 16.2. The van der Waals surface area contributed by atoms with E-state index in [-0.39, 0.29) is 17.7 Å². The molecule has 6 heteroatoms. The third-order valence-corrected chi connectivity index (χ3v) is 7.87. The maximum atomic E-state index is 13.5. The fourth-order valence-electron chi connectivity index (χ4n) is 5.62. The fourth-order valence-corrected chi connectivity index (χ4v) is 5.62. The molecule has 3 heterocycles. The van der Waals surface area contributed by atoms with Gasteiger partial charge in [0.25, 0.3) is 5.91 Å². The highest BCUT2D eigenvalue weighted by molar-refractivity contribution is 6.00. The zero-order chi connectivity index (χ0) is 25.9. The Kier molecular flexibility index (Phi) is 7.26. The number of rotatable bonds is 4. The maximum Gasteiger partial charge on any atom is 0.256 e. The van der Waals surface area contributed by atoms with Crippen LogP contribution in [0.2, 0.25) is 0 Å². The van der Waals surface area contributed by atoms with E-state index in [1.54, 1.807) is 6.20 Å². The number of likely N-dealkylation sites (tertiary alicyclic amines) is 1. The largest absolute Gasteiger partial charge is 0.368 e. The summed E-state index contributed by atoms with van der Waals surface area (Å²) in [6.45, 7) is 10.7. The highest BCUT2D eigenvalue weighted by Crippen LogP contribution is 2.28. The second-order valence-electron chi connectivity index (χ2n) is 10.4. The molecule has 2 amide bonds. The molecule has 6 nitrogen and oxygen atoms in total. The van der Waals surface area contributed by atoms with Gasteiger partial charge in [0, 0.05) is 62.6 Å². The van der Waals surface area contributed by atoms with Crippen LogP contribution in [0, 0.1) is 26.7 Å². The summed E-state index contributed by atoms with van der Waals surface area (Å²) in [7, 11) is 0. The summed E-state index contributed by atoms with van der Waals surface area (Å²) < 4.78 is 0. The van der Waals surface area contributed by atoms with Gasteiger partial charge in [0.15, 0.2) is 0 Å². The summed E-state index contributed by atoms with van der Waals surface area (Å²) in [5.74, 6) is 0.232. The van der Waals surface area contributed by atoms with Crippen molar-refractivity contribution in [3.05, 3.63) is 83.0 Å². The predicted molar refractivity (Wildman–Crippen MR) is 148 cm³/mol. The van der Waals surface area contributed by atoms with Crippen LogP contribution >= 0.6 is 0 Å². The van der Waals surface area contributed by atoms with Gasteiger partial charge in [0.1, 0.15) is 0 Å². The molecule has 192 valence electrons. The van der Waals surface area contributed by atoms with Crippen molar-refractivity contribution in [1.29, 1.82) is 0 Å². The normalized spacial score (nSPS) is 16.7. The van der Waals surface area contributed by atoms with E-state index < -0.39 is 0 Å². The van der Waals surface area contributed by atoms with Gasteiger partial charge in [-0.25, -0.2) is 0 Å². The van der Waals surface area contributed by atoms with Crippen LogP contribution in [0.15, 0.2) is 60.8 Å². The second kappa shape index (κ2) is 10.8. The second-order valence-corrected chi connectivity index (χ2v) is 10.4. The van der Waals surface area contributed by atoms with Crippen LogP contribution in [0.3, 0.4) is 0 Å². The number of aromatic nitrogens is 1. The van der Waals surface area contributed by atoms with Crippen molar-refractivity contribution in [2.24, 2.45) is 5.92 Å². The lowest BCUT2D eigenvalue weighted by molar-refractivity contribution is -0.137. The van der Waals surface area contributed by atoms with E-state index in [1.165, 1.54) is 16.8 Å². The Balaban J connectivity index is 1.19. The summed E-state index contributed by atoms with van der Waals surface area (Å²) in [4.78, 5) is 37.7. The lowest BCUT2D eigenvalue weighted by Gasteiger charge is -2.40. The first-order valence-corrected chi connectivity index (χ1v) is 13.3. The number of pyridine rings is 1. The minimum Gasteiger partial charge on any atom is -0.368 e. The molecule has 2 fully saturated rings. The van der Waals surface area contributed by atoms with E-state index in [0.29, 0.717) is 31.5 Å². The number of hydrogen-bond acceptors (Lipinski definition) is 4. The van der Waals surface area contributed by atoms with Crippen LogP contribution in [0.4, 0.5) is 5.69 Å². The first-order valence-electron chi connectivity index (χ1n) is 13.3. The molecular weight excluding hydrogens is 460 g/mol. The number of carbonyl (C=O) groups excluding carboxylic acids is 2. The Bertz CT molecular complexity index is 1290. The summed E-state index contributed by atoms with van der Waals surface area (Å²) in [6.07, 6.45) is 3.16. The monoisotopic (exact) mass is 496 g/mol. The Labute approximate surface area is 219 Å². The van der Waals surface area contributed by atoms with E-state index in [2.05, 4.69) is 41.9 Å². The molecule has 5 rings (SSSR count). The molecule has 0 spiro atoms. The number of piperidine rings is 1. The molecular formula is C31H36N4O2. The molecule has 2 aromatic carbocycles. The molecule has 3 aromatic rings. The van der Waals surface area contributed by atoms with Crippen molar-refractivity contribution in [3.63, 3.8) is 0 Å². The Morgan fingerprint density at radius 3 is 2.24 bits per heavy atom. The maximum absolute atomic E-state index is 13.5. The molecule has 2 aliphatic heterocycles. The molecule has 0 atom stereocenters. The van der Waals surface area contributed by atoms with Crippen molar-refractivity contribution < 1.29 is 9.59 Å². The smallest absolute Gasteiger partial charge is 0.256 e. The summed E-state index contributed by atoms with van der Waals surface area (Å²) in [5.41, 5.74) is 7.25. The first kappa shape index (κ1) is 25.0. The predicted octanol–water partition coefficient (Wildman–Crippen LogP) is 4.87. The SMILES string of the molecule is Cc1ccc(C)c(N2CCN(C(=O)C3CCN(C(=O)c4cccnc4-c4ccccc4C)CC3)CC2)c1. The quantitative estimate of drug-likeness (QED) is 0.517. The zero-order valence-corrected chi connectivity index (χ0v) is 22.1. The Hall–Kier alpha value is -3.67. The fraction of sp³-hybridized carbons (Fsp3) is 0.387. The van der Waals surface area contributed by atoms with Crippen LogP contribution in [0.25, 0.3) is 11.3 Å². The van der Waals surface area contributed by atoms with E-state index in [9.17, 15) is 9.59 Å². The van der Waals surface area contributed by atoms with Gasteiger partial charge in [-0.1, -0.05) is 36.4 Å². The van der Waals surface area contributed by atoms with E-state index in [0.717, 1.165) is 43.0 Å². The van der Waals surface area contributed by atoms with E-state index in [4.69, 9.17) is 0 Å². The average Bonchev–Trinajstić information content (AvgIpc) is 2.94. The molecule has 1 aromatic heterocycles. The first-order chi connectivity index (χ1) is 17.9. The number of piperazine rings is 1. The van der Waals surface area contributed by atoms with Crippen LogP contribution in [0.1, 0.15) is 39.9 Å². The molecule has 0 bridgehead atoms. The minimum atomic E-state index is -0.0129. The Morgan fingerprint density at radius 1 is 0.784 bits per heavy atom. The minimum absolute atomic E-state index is 0.000564. The topological polar surface area (TPSA) is 56.8 Å². The number of anilines is 1. The van der Waals surface area contributed by atoms with Gasteiger partial charge in [0.05, 0.1) is 11.3 Å². The molecule has 0 aliphatic carbocycles. The van der Waals surface area contributed by atoms with Crippen molar-refractivity contribution in [1.82, 2.24) is 14.8 Å². The standard InChI is InChI=1S/C31H36N4O2/c1-22-10-11-24(3)28(21-22)33-17-19-35(20-18-33)30(36)25-12-15-34(16-13-25)31(37)27-9-6-14-32-29(27)26-8-5-4-7-23(26)2/h4-11,14,21,25H,12-13,15-20H2,1-3H3. The number of nitrogens with zero attached hydrogens (tertiary/aromatic N) is 4. The molecule has 0 N–H and O–H groups in total. The third-order valence-electron chi connectivity index (χ3n) is 7.87. The van der Waals surface area contributed by atoms with E-state index >= 15 is 0 Å². The molecule has 0 saturated carbocycles. The van der Waals surface area contributed by atoms with Crippen molar-refractivity contribution in [3.8, 4) is 11.3 Å².